The van der Waals surface area contributed by atoms with Crippen molar-refractivity contribution < 1.29 is 4.79 Å². The van der Waals surface area contributed by atoms with Gasteiger partial charge in [0.05, 0.1) is 22.6 Å². The fourth-order valence-electron chi connectivity index (χ4n) is 2.28. The molecule has 2 aromatic rings. The summed E-state index contributed by atoms with van der Waals surface area (Å²) in [4.78, 5) is 14.4. The van der Waals surface area contributed by atoms with Gasteiger partial charge in [-0.1, -0.05) is 19.1 Å². The van der Waals surface area contributed by atoms with Crippen molar-refractivity contribution in [3.05, 3.63) is 41.7 Å². The molecule has 1 aromatic carbocycles. The second kappa shape index (κ2) is 5.77. The molecule has 106 valence electrons. The van der Waals surface area contributed by atoms with Gasteiger partial charge in [-0.2, -0.15) is 5.10 Å². The van der Waals surface area contributed by atoms with Crippen LogP contribution in [0.5, 0.6) is 0 Å². The normalized spacial score (nSPS) is 10.6. The topological polar surface area (TPSA) is 64.2 Å². The van der Waals surface area contributed by atoms with E-state index in [-0.39, 0.29) is 5.91 Å². The van der Waals surface area contributed by atoms with Crippen molar-refractivity contribution in [3.8, 4) is 0 Å². The predicted molar refractivity (Wildman–Crippen MR) is 80.8 cm³/mol. The molecule has 0 atom stereocenters. The zero-order valence-electron chi connectivity index (χ0n) is 12.1. The third kappa shape index (κ3) is 2.52. The number of aryl methyl sites for hydroxylation is 2. The summed E-state index contributed by atoms with van der Waals surface area (Å²) < 4.78 is 1.67. The number of carbonyl (C=O) groups is 1. The Hall–Kier alpha value is -2.30. The SMILES string of the molecule is CCc1nn(C)cc1C(=O)N(CC)c1ccccc1N. The quantitative estimate of drug-likeness (QED) is 0.868. The highest BCUT2D eigenvalue weighted by Crippen LogP contribution is 2.24. The van der Waals surface area contributed by atoms with Crippen molar-refractivity contribution in [2.45, 2.75) is 20.3 Å². The van der Waals surface area contributed by atoms with Gasteiger partial charge in [-0.05, 0) is 25.5 Å². The van der Waals surface area contributed by atoms with Crippen LogP contribution in [-0.4, -0.2) is 22.2 Å². The van der Waals surface area contributed by atoms with Gasteiger partial charge in [-0.25, -0.2) is 0 Å². The minimum Gasteiger partial charge on any atom is -0.397 e. The molecular formula is C15H20N4O. The van der Waals surface area contributed by atoms with Gasteiger partial charge in [0.1, 0.15) is 0 Å². The number of benzene rings is 1. The molecule has 0 spiro atoms. The van der Waals surface area contributed by atoms with Crippen molar-refractivity contribution in [1.82, 2.24) is 9.78 Å². The number of para-hydroxylation sites is 2. The van der Waals surface area contributed by atoms with Gasteiger partial charge < -0.3 is 10.6 Å². The lowest BCUT2D eigenvalue weighted by Crippen LogP contribution is -2.31. The minimum absolute atomic E-state index is 0.0599. The third-order valence-corrected chi connectivity index (χ3v) is 3.26. The number of hydrogen-bond donors (Lipinski definition) is 1. The van der Waals surface area contributed by atoms with Crippen LogP contribution < -0.4 is 10.6 Å². The molecule has 0 unspecified atom stereocenters. The van der Waals surface area contributed by atoms with Gasteiger partial charge in [0, 0.05) is 19.8 Å². The zero-order chi connectivity index (χ0) is 14.7. The van der Waals surface area contributed by atoms with E-state index in [1.165, 1.54) is 0 Å². The van der Waals surface area contributed by atoms with E-state index in [0.29, 0.717) is 17.8 Å². The van der Waals surface area contributed by atoms with Crippen LogP contribution in [0.4, 0.5) is 11.4 Å². The van der Waals surface area contributed by atoms with E-state index in [0.717, 1.165) is 17.8 Å². The molecule has 0 fully saturated rings. The smallest absolute Gasteiger partial charge is 0.261 e. The summed E-state index contributed by atoms with van der Waals surface area (Å²) in [6, 6.07) is 7.40. The third-order valence-electron chi connectivity index (χ3n) is 3.26. The van der Waals surface area contributed by atoms with Crippen LogP contribution >= 0.6 is 0 Å². The molecular weight excluding hydrogens is 252 g/mol. The predicted octanol–water partition coefficient (Wildman–Crippen LogP) is 2.23. The van der Waals surface area contributed by atoms with Crippen LogP contribution in [0, 0.1) is 0 Å². The van der Waals surface area contributed by atoms with Crippen LogP contribution in [0.15, 0.2) is 30.5 Å². The Morgan fingerprint density at radius 2 is 2.05 bits per heavy atom. The first kappa shape index (κ1) is 14.1. The van der Waals surface area contributed by atoms with Gasteiger partial charge in [0.2, 0.25) is 0 Å². The summed E-state index contributed by atoms with van der Waals surface area (Å²) in [7, 11) is 1.82. The molecule has 2 N–H and O–H groups in total. The maximum atomic E-state index is 12.7. The first-order valence-electron chi connectivity index (χ1n) is 6.77. The maximum Gasteiger partial charge on any atom is 0.261 e. The molecule has 2 rings (SSSR count). The number of hydrogen-bond acceptors (Lipinski definition) is 3. The lowest BCUT2D eigenvalue weighted by molar-refractivity contribution is 0.0987. The lowest BCUT2D eigenvalue weighted by atomic mass is 10.1. The molecule has 20 heavy (non-hydrogen) atoms. The molecule has 0 saturated carbocycles. The molecule has 0 aliphatic carbocycles. The minimum atomic E-state index is -0.0599. The summed E-state index contributed by atoms with van der Waals surface area (Å²) >= 11 is 0. The van der Waals surface area contributed by atoms with E-state index >= 15 is 0 Å². The Morgan fingerprint density at radius 3 is 2.65 bits per heavy atom. The van der Waals surface area contributed by atoms with E-state index in [1.807, 2.05) is 39.1 Å². The summed E-state index contributed by atoms with van der Waals surface area (Å²) in [5.74, 6) is -0.0599. The molecule has 0 saturated heterocycles. The van der Waals surface area contributed by atoms with Crippen molar-refractivity contribution in [1.29, 1.82) is 0 Å². The summed E-state index contributed by atoms with van der Waals surface area (Å²) in [6.07, 6.45) is 2.49. The number of nitrogens with zero attached hydrogens (tertiary/aromatic N) is 3. The number of nitrogen functional groups attached to an aromatic ring is 1. The monoisotopic (exact) mass is 272 g/mol. The highest BCUT2D eigenvalue weighted by molar-refractivity contribution is 6.08. The fourth-order valence-corrected chi connectivity index (χ4v) is 2.28. The van der Waals surface area contributed by atoms with Crippen molar-refractivity contribution in [3.63, 3.8) is 0 Å². The van der Waals surface area contributed by atoms with E-state index < -0.39 is 0 Å². The van der Waals surface area contributed by atoms with E-state index in [4.69, 9.17) is 5.73 Å². The van der Waals surface area contributed by atoms with Crippen molar-refractivity contribution in [2.75, 3.05) is 17.2 Å². The van der Waals surface area contributed by atoms with Crippen molar-refractivity contribution in [2.24, 2.45) is 7.05 Å². The van der Waals surface area contributed by atoms with E-state index in [9.17, 15) is 4.79 Å². The van der Waals surface area contributed by atoms with E-state index in [2.05, 4.69) is 5.10 Å². The summed E-state index contributed by atoms with van der Waals surface area (Å²) in [5.41, 5.74) is 8.77. The molecule has 0 radical (unpaired) electrons. The second-order valence-electron chi connectivity index (χ2n) is 4.62. The number of anilines is 2. The largest absolute Gasteiger partial charge is 0.397 e. The highest BCUT2D eigenvalue weighted by Gasteiger charge is 2.22. The van der Waals surface area contributed by atoms with Gasteiger partial charge in [-0.3, -0.25) is 9.48 Å². The molecule has 0 aliphatic rings. The van der Waals surface area contributed by atoms with Crippen LogP contribution in [0.1, 0.15) is 29.9 Å². The molecule has 0 aliphatic heterocycles. The fraction of sp³-hybridized carbons (Fsp3) is 0.333. The van der Waals surface area contributed by atoms with Gasteiger partial charge in [0.15, 0.2) is 0 Å². The van der Waals surface area contributed by atoms with Gasteiger partial charge in [-0.15, -0.1) is 0 Å². The highest BCUT2D eigenvalue weighted by atomic mass is 16.2. The zero-order valence-corrected chi connectivity index (χ0v) is 12.1. The number of nitrogens with two attached hydrogens (primary N) is 1. The first-order chi connectivity index (χ1) is 9.58. The van der Waals surface area contributed by atoms with Crippen LogP contribution in [0.3, 0.4) is 0 Å². The standard InChI is InChI=1S/C15H20N4O/c1-4-13-11(10-18(3)17-13)15(20)19(5-2)14-9-7-6-8-12(14)16/h6-10H,4-5,16H2,1-3H3. The summed E-state index contributed by atoms with van der Waals surface area (Å²) in [5, 5.41) is 4.32. The molecule has 0 bridgehead atoms. The molecule has 5 nitrogen and oxygen atoms in total. The Bertz CT molecular complexity index is 618. The molecule has 1 amide bonds. The van der Waals surface area contributed by atoms with Crippen LogP contribution in [0.25, 0.3) is 0 Å². The average Bonchev–Trinajstić information content (AvgIpc) is 2.82. The number of rotatable bonds is 4. The van der Waals surface area contributed by atoms with Gasteiger partial charge in [0.25, 0.3) is 5.91 Å². The Labute approximate surface area is 119 Å². The maximum absolute atomic E-state index is 12.7. The lowest BCUT2D eigenvalue weighted by Gasteiger charge is -2.22. The summed E-state index contributed by atoms with van der Waals surface area (Å²) in [6.45, 7) is 4.49. The Balaban J connectivity index is 2.42. The molecule has 1 heterocycles. The van der Waals surface area contributed by atoms with Gasteiger partial charge >= 0.3 is 0 Å². The van der Waals surface area contributed by atoms with E-state index in [1.54, 1.807) is 21.8 Å². The number of aromatic nitrogens is 2. The second-order valence-corrected chi connectivity index (χ2v) is 4.62. The number of carbonyl (C=O) groups excluding carboxylic acids is 1. The van der Waals surface area contributed by atoms with Crippen molar-refractivity contribution >= 4 is 17.3 Å². The molecule has 1 aromatic heterocycles. The average molecular weight is 272 g/mol. The molecule has 5 heteroatoms. The first-order valence-corrected chi connectivity index (χ1v) is 6.77. The van der Waals surface area contributed by atoms with Crippen LogP contribution in [-0.2, 0) is 13.5 Å². The van der Waals surface area contributed by atoms with Crippen LogP contribution in [0.2, 0.25) is 0 Å². The Kier molecular flexibility index (Phi) is 4.08. The Morgan fingerprint density at radius 1 is 1.35 bits per heavy atom. The number of amides is 1.